The van der Waals surface area contributed by atoms with Crippen molar-refractivity contribution in [2.75, 3.05) is 18.0 Å². The number of piperidine rings is 1. The molecule has 1 unspecified atom stereocenters. The van der Waals surface area contributed by atoms with Gasteiger partial charge in [0.25, 0.3) is 0 Å². The monoisotopic (exact) mass is 447 g/mol. The third kappa shape index (κ3) is 4.33. The highest BCUT2D eigenvalue weighted by Gasteiger charge is 2.30. The van der Waals surface area contributed by atoms with Crippen LogP contribution in [-0.2, 0) is 11.2 Å². The van der Waals surface area contributed by atoms with Gasteiger partial charge in [0.15, 0.2) is 0 Å². The molecule has 1 atom stereocenters. The molecular formula is C25H26FN5O2. The van der Waals surface area contributed by atoms with E-state index in [2.05, 4.69) is 26.5 Å². The number of carbonyl (C=O) groups excluding carboxylic acids is 1. The van der Waals surface area contributed by atoms with Gasteiger partial charge < -0.3 is 19.7 Å². The summed E-state index contributed by atoms with van der Waals surface area (Å²) in [7, 11) is 0. The number of hydrogen-bond acceptors (Lipinski definition) is 5. The van der Waals surface area contributed by atoms with E-state index in [-0.39, 0.29) is 5.91 Å². The first kappa shape index (κ1) is 21.2. The van der Waals surface area contributed by atoms with E-state index in [1.54, 1.807) is 19.1 Å². The Morgan fingerprint density at radius 1 is 1.27 bits per heavy atom. The summed E-state index contributed by atoms with van der Waals surface area (Å²) in [5, 5.41) is 8.09. The van der Waals surface area contributed by atoms with Crippen molar-refractivity contribution in [1.29, 1.82) is 0 Å². The summed E-state index contributed by atoms with van der Waals surface area (Å²) >= 11 is 0. The Morgan fingerprint density at radius 2 is 2.15 bits per heavy atom. The van der Waals surface area contributed by atoms with Crippen LogP contribution in [0.4, 0.5) is 10.1 Å². The van der Waals surface area contributed by atoms with E-state index in [0.717, 1.165) is 24.8 Å². The van der Waals surface area contributed by atoms with E-state index in [0.29, 0.717) is 42.5 Å². The standard InChI is InChI=1S/C25H26FN5O2/c1-16-29-24(30-33-16)17-9-10-22(20(26)14-17)31-13-5-4-8-23(31)25(32)27-12-11-18-15-28-21-7-3-2-6-19(18)21/h2-3,6-7,9-10,14-15,23,28H,4-5,8,11-13H2,1H3,(H,27,32). The normalized spacial score (nSPS) is 16.3. The minimum absolute atomic E-state index is 0.0631. The van der Waals surface area contributed by atoms with Gasteiger partial charge in [0, 0.05) is 42.7 Å². The van der Waals surface area contributed by atoms with Gasteiger partial charge in [-0.05, 0) is 55.5 Å². The van der Waals surface area contributed by atoms with Crippen LogP contribution in [-0.4, -0.2) is 40.2 Å². The van der Waals surface area contributed by atoms with Crippen molar-refractivity contribution in [2.24, 2.45) is 0 Å². The average molecular weight is 448 g/mol. The number of nitrogens with one attached hydrogen (secondary N) is 2. The Morgan fingerprint density at radius 3 is 2.97 bits per heavy atom. The van der Waals surface area contributed by atoms with Crippen LogP contribution in [0, 0.1) is 12.7 Å². The summed E-state index contributed by atoms with van der Waals surface area (Å²) in [5.41, 5.74) is 3.23. The van der Waals surface area contributed by atoms with Crippen molar-refractivity contribution < 1.29 is 13.7 Å². The quantitative estimate of drug-likeness (QED) is 0.458. The zero-order chi connectivity index (χ0) is 22.8. The molecule has 3 heterocycles. The zero-order valence-corrected chi connectivity index (χ0v) is 18.5. The van der Waals surface area contributed by atoms with Crippen molar-refractivity contribution in [2.45, 2.75) is 38.6 Å². The largest absolute Gasteiger partial charge is 0.361 e. The van der Waals surface area contributed by atoms with Crippen LogP contribution in [0.2, 0.25) is 0 Å². The van der Waals surface area contributed by atoms with Crippen LogP contribution < -0.4 is 10.2 Å². The highest BCUT2D eigenvalue weighted by molar-refractivity contribution is 5.86. The minimum atomic E-state index is -0.395. The fraction of sp³-hybridized carbons (Fsp3) is 0.320. The molecule has 1 fully saturated rings. The zero-order valence-electron chi connectivity index (χ0n) is 18.5. The number of para-hydroxylation sites is 1. The number of nitrogens with zero attached hydrogens (tertiary/aromatic N) is 3. The number of H-pyrrole nitrogens is 1. The molecule has 7 nitrogen and oxygen atoms in total. The van der Waals surface area contributed by atoms with Crippen molar-refractivity contribution in [1.82, 2.24) is 20.4 Å². The number of aromatic nitrogens is 3. The SMILES string of the molecule is Cc1nc(-c2ccc(N3CCCCC3C(=O)NCCc3c[nH]c4ccccc34)c(F)c2)no1. The minimum Gasteiger partial charge on any atom is -0.361 e. The molecule has 2 aromatic carbocycles. The first-order chi connectivity index (χ1) is 16.1. The smallest absolute Gasteiger partial charge is 0.242 e. The Kier molecular flexibility index (Phi) is 5.81. The molecule has 8 heteroatoms. The average Bonchev–Trinajstić information content (AvgIpc) is 3.45. The predicted octanol–water partition coefficient (Wildman–Crippen LogP) is 4.38. The Hall–Kier alpha value is -3.68. The number of aryl methyl sites for hydroxylation is 1. The number of hydrogen-bond donors (Lipinski definition) is 2. The first-order valence-electron chi connectivity index (χ1n) is 11.3. The van der Waals surface area contributed by atoms with Crippen molar-refractivity contribution in [3.05, 3.63) is 65.9 Å². The third-order valence-electron chi connectivity index (χ3n) is 6.22. The number of anilines is 1. The molecule has 2 N–H and O–H groups in total. The summed E-state index contributed by atoms with van der Waals surface area (Å²) < 4.78 is 20.1. The van der Waals surface area contributed by atoms with Crippen LogP contribution in [0.25, 0.3) is 22.3 Å². The number of benzene rings is 2. The van der Waals surface area contributed by atoms with Gasteiger partial charge in [0.2, 0.25) is 17.6 Å². The lowest BCUT2D eigenvalue weighted by atomic mass is 9.99. The molecule has 0 aliphatic carbocycles. The molecule has 1 saturated heterocycles. The predicted molar refractivity (Wildman–Crippen MR) is 124 cm³/mol. The fourth-order valence-electron chi connectivity index (χ4n) is 4.56. The van der Waals surface area contributed by atoms with E-state index < -0.39 is 11.9 Å². The topological polar surface area (TPSA) is 87.0 Å². The fourth-order valence-corrected chi connectivity index (χ4v) is 4.56. The second-order valence-electron chi connectivity index (χ2n) is 8.41. The number of fused-ring (bicyclic) bond motifs is 1. The molecule has 0 saturated carbocycles. The van der Waals surface area contributed by atoms with Gasteiger partial charge in [-0.15, -0.1) is 0 Å². The molecule has 4 aromatic rings. The summed E-state index contributed by atoms with van der Waals surface area (Å²) in [5.74, 6) is 0.318. The first-order valence-corrected chi connectivity index (χ1v) is 11.3. The maximum absolute atomic E-state index is 15.1. The highest BCUT2D eigenvalue weighted by Crippen LogP contribution is 2.30. The molecule has 5 rings (SSSR count). The molecule has 1 amide bonds. The second kappa shape index (κ2) is 9.05. The third-order valence-corrected chi connectivity index (χ3v) is 6.22. The summed E-state index contributed by atoms with van der Waals surface area (Å²) in [6, 6.07) is 12.6. The maximum Gasteiger partial charge on any atom is 0.242 e. The molecular weight excluding hydrogens is 421 g/mol. The van der Waals surface area contributed by atoms with Crippen LogP contribution in [0.5, 0.6) is 0 Å². The number of amides is 1. The van der Waals surface area contributed by atoms with Gasteiger partial charge >= 0.3 is 0 Å². The molecule has 2 aromatic heterocycles. The molecule has 1 aliphatic heterocycles. The van der Waals surface area contributed by atoms with Gasteiger partial charge in [-0.2, -0.15) is 4.98 Å². The van der Waals surface area contributed by atoms with E-state index in [4.69, 9.17) is 4.52 Å². The van der Waals surface area contributed by atoms with Gasteiger partial charge in [-0.3, -0.25) is 4.79 Å². The van der Waals surface area contributed by atoms with E-state index in [1.165, 1.54) is 17.0 Å². The Bertz CT molecular complexity index is 1280. The molecule has 0 spiro atoms. The van der Waals surface area contributed by atoms with Crippen LogP contribution in [0.1, 0.15) is 30.7 Å². The lowest BCUT2D eigenvalue weighted by Crippen LogP contribution is -2.50. The molecule has 0 bridgehead atoms. The van der Waals surface area contributed by atoms with Crippen molar-refractivity contribution in [3.63, 3.8) is 0 Å². The lowest BCUT2D eigenvalue weighted by molar-refractivity contribution is -0.122. The second-order valence-corrected chi connectivity index (χ2v) is 8.41. The number of rotatable bonds is 6. The summed E-state index contributed by atoms with van der Waals surface area (Å²) in [6.45, 7) is 2.86. The van der Waals surface area contributed by atoms with E-state index >= 15 is 4.39 Å². The van der Waals surface area contributed by atoms with Gasteiger partial charge in [-0.25, -0.2) is 4.39 Å². The highest BCUT2D eigenvalue weighted by atomic mass is 19.1. The van der Waals surface area contributed by atoms with Crippen LogP contribution in [0.3, 0.4) is 0 Å². The van der Waals surface area contributed by atoms with Crippen LogP contribution in [0.15, 0.2) is 53.2 Å². The van der Waals surface area contributed by atoms with E-state index in [1.807, 2.05) is 29.3 Å². The van der Waals surface area contributed by atoms with Crippen molar-refractivity contribution in [3.8, 4) is 11.4 Å². The maximum atomic E-state index is 15.1. The molecule has 170 valence electrons. The van der Waals surface area contributed by atoms with Crippen molar-refractivity contribution >= 4 is 22.5 Å². The van der Waals surface area contributed by atoms with Crippen LogP contribution >= 0.6 is 0 Å². The molecule has 33 heavy (non-hydrogen) atoms. The Balaban J connectivity index is 1.27. The summed E-state index contributed by atoms with van der Waals surface area (Å²) in [6.07, 6.45) is 5.29. The molecule has 0 radical (unpaired) electrons. The van der Waals surface area contributed by atoms with Gasteiger partial charge in [0.1, 0.15) is 11.9 Å². The lowest BCUT2D eigenvalue weighted by Gasteiger charge is -2.36. The number of halogens is 1. The van der Waals surface area contributed by atoms with Gasteiger partial charge in [0.05, 0.1) is 5.69 Å². The molecule has 1 aliphatic rings. The Labute approximate surface area is 191 Å². The van der Waals surface area contributed by atoms with E-state index in [9.17, 15) is 4.79 Å². The van der Waals surface area contributed by atoms with Gasteiger partial charge in [-0.1, -0.05) is 23.4 Å². The summed E-state index contributed by atoms with van der Waals surface area (Å²) in [4.78, 5) is 22.4. The number of aromatic amines is 1. The number of carbonyl (C=O) groups is 1.